The molecule has 168 valence electrons. The van der Waals surface area contributed by atoms with Gasteiger partial charge >= 0.3 is 5.97 Å². The van der Waals surface area contributed by atoms with Crippen LogP contribution < -0.4 is 10.6 Å². The number of halogens is 1. The number of hydrogen-bond acceptors (Lipinski definition) is 4. The topological polar surface area (TPSA) is 85.2 Å². The van der Waals surface area contributed by atoms with Crippen molar-refractivity contribution in [3.05, 3.63) is 100 Å². The molecule has 0 amide bonds. The molecule has 0 fully saturated rings. The lowest BCUT2D eigenvalue weighted by Gasteiger charge is -2.34. The Morgan fingerprint density at radius 3 is 2.73 bits per heavy atom. The number of carboxylic acid groups (broad SMARTS) is 1. The summed E-state index contributed by atoms with van der Waals surface area (Å²) in [6.07, 6.45) is 1.08. The van der Waals surface area contributed by atoms with E-state index >= 15 is 0 Å². The van der Waals surface area contributed by atoms with Crippen molar-refractivity contribution in [1.82, 2.24) is 5.32 Å². The molecule has 0 bridgehead atoms. The standard InChI is InChI=1S/C27H26FN3O2/c28-24-13-18(14-26(32)33)9-10-19(24)11-12-30-27(20-5-2-1-3-6-20)22-15-23-21(16-29)7-4-8-25(23)31-17-22/h1-10,13,22,27,30-31H,11-12,14-15,17H2,(H,32,33)/t22-,27-/m1/s1. The molecule has 5 nitrogen and oxygen atoms in total. The third-order valence-corrected chi connectivity index (χ3v) is 6.18. The zero-order valence-electron chi connectivity index (χ0n) is 18.2. The maximum atomic E-state index is 14.5. The fourth-order valence-corrected chi connectivity index (χ4v) is 4.55. The maximum absolute atomic E-state index is 14.5. The van der Waals surface area contributed by atoms with Crippen molar-refractivity contribution in [3.8, 4) is 6.07 Å². The second-order valence-electron chi connectivity index (χ2n) is 8.38. The summed E-state index contributed by atoms with van der Waals surface area (Å²) in [7, 11) is 0. The summed E-state index contributed by atoms with van der Waals surface area (Å²) in [5, 5.41) is 25.5. The second kappa shape index (κ2) is 10.3. The third-order valence-electron chi connectivity index (χ3n) is 6.18. The van der Waals surface area contributed by atoms with Crippen molar-refractivity contribution in [2.24, 2.45) is 5.92 Å². The van der Waals surface area contributed by atoms with Crippen LogP contribution in [-0.2, 0) is 24.1 Å². The maximum Gasteiger partial charge on any atom is 0.307 e. The first-order chi connectivity index (χ1) is 16.0. The van der Waals surface area contributed by atoms with Crippen LogP contribution in [0.4, 0.5) is 10.1 Å². The van der Waals surface area contributed by atoms with Crippen LogP contribution in [0, 0.1) is 23.1 Å². The largest absolute Gasteiger partial charge is 0.481 e. The molecule has 1 heterocycles. The predicted octanol–water partition coefficient (Wildman–Crippen LogP) is 4.48. The van der Waals surface area contributed by atoms with E-state index < -0.39 is 5.97 Å². The van der Waals surface area contributed by atoms with E-state index in [9.17, 15) is 14.4 Å². The van der Waals surface area contributed by atoms with E-state index in [1.165, 1.54) is 6.07 Å². The highest BCUT2D eigenvalue weighted by atomic mass is 19.1. The van der Waals surface area contributed by atoms with Gasteiger partial charge in [0.25, 0.3) is 0 Å². The molecule has 0 aliphatic carbocycles. The van der Waals surface area contributed by atoms with Gasteiger partial charge in [0, 0.05) is 18.3 Å². The van der Waals surface area contributed by atoms with E-state index in [1.54, 1.807) is 12.1 Å². The minimum absolute atomic E-state index is 0.0351. The number of hydrogen-bond donors (Lipinski definition) is 3. The van der Waals surface area contributed by atoms with Crippen LogP contribution >= 0.6 is 0 Å². The molecular weight excluding hydrogens is 417 g/mol. The number of rotatable bonds is 8. The summed E-state index contributed by atoms with van der Waals surface area (Å²) < 4.78 is 14.5. The van der Waals surface area contributed by atoms with Crippen LogP contribution in [0.3, 0.4) is 0 Å². The molecule has 0 aromatic heterocycles. The lowest BCUT2D eigenvalue weighted by molar-refractivity contribution is -0.136. The van der Waals surface area contributed by atoms with E-state index in [1.807, 2.05) is 36.4 Å². The molecule has 0 saturated carbocycles. The minimum atomic E-state index is -0.975. The van der Waals surface area contributed by atoms with Gasteiger partial charge < -0.3 is 15.7 Å². The number of nitrogens with zero attached hydrogens (tertiary/aromatic N) is 1. The number of nitrogens with one attached hydrogen (secondary N) is 2. The number of aliphatic carboxylic acids is 1. The number of anilines is 1. The molecule has 0 unspecified atom stereocenters. The van der Waals surface area contributed by atoms with E-state index in [0.29, 0.717) is 29.7 Å². The number of fused-ring (bicyclic) bond motifs is 1. The van der Waals surface area contributed by atoms with Gasteiger partial charge in [-0.3, -0.25) is 4.79 Å². The van der Waals surface area contributed by atoms with E-state index in [-0.39, 0.29) is 24.2 Å². The van der Waals surface area contributed by atoms with Gasteiger partial charge in [-0.2, -0.15) is 5.26 Å². The Labute approximate surface area is 192 Å². The predicted molar refractivity (Wildman–Crippen MR) is 125 cm³/mol. The Morgan fingerprint density at radius 1 is 1.18 bits per heavy atom. The first-order valence-electron chi connectivity index (χ1n) is 11.1. The van der Waals surface area contributed by atoms with E-state index in [0.717, 1.165) is 29.8 Å². The number of benzene rings is 3. The molecule has 0 spiro atoms. The van der Waals surface area contributed by atoms with Crippen LogP contribution in [0.2, 0.25) is 0 Å². The fourth-order valence-electron chi connectivity index (χ4n) is 4.55. The normalized spacial score (nSPS) is 15.7. The van der Waals surface area contributed by atoms with Crippen molar-refractivity contribution >= 4 is 11.7 Å². The van der Waals surface area contributed by atoms with E-state index in [4.69, 9.17) is 5.11 Å². The first kappa shape index (κ1) is 22.5. The highest BCUT2D eigenvalue weighted by Gasteiger charge is 2.28. The number of nitriles is 1. The molecule has 3 aromatic rings. The summed E-state index contributed by atoms with van der Waals surface area (Å²) >= 11 is 0. The Balaban J connectivity index is 1.49. The molecule has 33 heavy (non-hydrogen) atoms. The van der Waals surface area contributed by atoms with Gasteiger partial charge in [0.15, 0.2) is 0 Å². The first-order valence-corrected chi connectivity index (χ1v) is 11.1. The van der Waals surface area contributed by atoms with Crippen molar-refractivity contribution < 1.29 is 14.3 Å². The van der Waals surface area contributed by atoms with Crippen molar-refractivity contribution in [2.75, 3.05) is 18.4 Å². The number of carbonyl (C=O) groups is 1. The molecule has 1 aliphatic rings. The molecule has 0 radical (unpaired) electrons. The molecule has 3 N–H and O–H groups in total. The third kappa shape index (κ3) is 5.39. The second-order valence-corrected chi connectivity index (χ2v) is 8.38. The summed E-state index contributed by atoms with van der Waals surface area (Å²) in [6.45, 7) is 1.34. The van der Waals surface area contributed by atoms with Gasteiger partial charge in [-0.1, -0.05) is 48.5 Å². The lowest BCUT2D eigenvalue weighted by atomic mass is 9.83. The van der Waals surface area contributed by atoms with Gasteiger partial charge in [0.05, 0.1) is 18.1 Å². The average molecular weight is 444 g/mol. The van der Waals surface area contributed by atoms with Gasteiger partial charge in [0.1, 0.15) is 5.82 Å². The molecule has 0 saturated heterocycles. The van der Waals surface area contributed by atoms with Gasteiger partial charge in [-0.05, 0) is 65.8 Å². The summed E-state index contributed by atoms with van der Waals surface area (Å²) in [4.78, 5) is 10.9. The average Bonchev–Trinajstić information content (AvgIpc) is 2.82. The van der Waals surface area contributed by atoms with Gasteiger partial charge in [-0.25, -0.2) is 4.39 Å². The van der Waals surface area contributed by atoms with Gasteiger partial charge in [-0.15, -0.1) is 0 Å². The van der Waals surface area contributed by atoms with Crippen molar-refractivity contribution in [3.63, 3.8) is 0 Å². The summed E-state index contributed by atoms with van der Waals surface area (Å²) in [5.74, 6) is -1.13. The SMILES string of the molecule is N#Cc1cccc2c1C[C@@H]([C@H](NCCc1ccc(CC(=O)O)cc1F)c1ccccc1)CN2. The highest BCUT2D eigenvalue weighted by Crippen LogP contribution is 2.34. The van der Waals surface area contributed by atoms with Crippen molar-refractivity contribution in [2.45, 2.75) is 25.3 Å². The van der Waals surface area contributed by atoms with Crippen LogP contribution in [-0.4, -0.2) is 24.2 Å². The Morgan fingerprint density at radius 2 is 2.00 bits per heavy atom. The molecule has 2 atom stereocenters. The highest BCUT2D eigenvalue weighted by molar-refractivity contribution is 5.70. The van der Waals surface area contributed by atoms with E-state index in [2.05, 4.69) is 28.8 Å². The fraction of sp³-hybridized carbons (Fsp3) is 0.259. The summed E-state index contributed by atoms with van der Waals surface area (Å²) in [5.41, 5.74) is 4.92. The Kier molecular flexibility index (Phi) is 7.01. The molecule has 1 aliphatic heterocycles. The lowest BCUT2D eigenvalue weighted by Crippen LogP contribution is -2.37. The zero-order chi connectivity index (χ0) is 23.2. The quantitative estimate of drug-likeness (QED) is 0.478. The smallest absolute Gasteiger partial charge is 0.307 e. The van der Waals surface area contributed by atoms with Crippen molar-refractivity contribution in [1.29, 1.82) is 5.26 Å². The van der Waals surface area contributed by atoms with Crippen LogP contribution in [0.15, 0.2) is 66.7 Å². The van der Waals surface area contributed by atoms with Crippen LogP contribution in [0.5, 0.6) is 0 Å². The molecule has 4 rings (SSSR count). The monoisotopic (exact) mass is 443 g/mol. The summed E-state index contributed by atoms with van der Waals surface area (Å²) in [6, 6.07) is 22.9. The Bertz CT molecular complexity index is 1170. The minimum Gasteiger partial charge on any atom is -0.481 e. The zero-order valence-corrected chi connectivity index (χ0v) is 18.2. The van der Waals surface area contributed by atoms with Crippen LogP contribution in [0.1, 0.15) is 33.9 Å². The van der Waals surface area contributed by atoms with Gasteiger partial charge in [0.2, 0.25) is 0 Å². The van der Waals surface area contributed by atoms with Crippen LogP contribution in [0.25, 0.3) is 0 Å². The molecule has 3 aromatic carbocycles. The molecular formula is C27H26FN3O2. The molecule has 6 heteroatoms. The number of carboxylic acids is 1. The Hall–Kier alpha value is -3.69.